The number of nitrogens with zero attached hydrogens (tertiary/aromatic N) is 3. The maximum atomic E-state index is 11.3. The monoisotopic (exact) mass is 322 g/mol. The van der Waals surface area contributed by atoms with Crippen molar-refractivity contribution in [2.24, 2.45) is 21.2 Å². The summed E-state index contributed by atoms with van der Waals surface area (Å²) >= 11 is 0. The van der Waals surface area contributed by atoms with Crippen LogP contribution in [0.2, 0.25) is 0 Å². The Bertz CT molecular complexity index is 797. The number of nitrogens with one attached hydrogen (secondary N) is 1. The van der Waals surface area contributed by atoms with Gasteiger partial charge in [0.25, 0.3) is 0 Å². The Hall–Kier alpha value is -3.02. The molecule has 2 aromatic carbocycles. The van der Waals surface area contributed by atoms with E-state index in [-0.39, 0.29) is 17.6 Å². The second kappa shape index (κ2) is 7.04. The van der Waals surface area contributed by atoms with E-state index in [1.54, 1.807) is 18.2 Å². The van der Waals surface area contributed by atoms with Crippen LogP contribution >= 0.6 is 0 Å². The maximum Gasteiger partial charge on any atom is 0.240 e. The normalized spacial score (nSPS) is 17.6. The van der Waals surface area contributed by atoms with E-state index in [1.165, 1.54) is 0 Å². The molecule has 0 aliphatic carbocycles. The summed E-state index contributed by atoms with van der Waals surface area (Å²) in [6, 6.07) is 14.5. The van der Waals surface area contributed by atoms with Gasteiger partial charge in [-0.15, -0.1) is 0 Å². The zero-order chi connectivity index (χ0) is 16.9. The first-order valence-corrected chi connectivity index (χ1v) is 7.74. The molecular formula is C18H18N4O2. The molecule has 6 nitrogen and oxygen atoms in total. The quantitative estimate of drug-likeness (QED) is 0.844. The Kier molecular flexibility index (Phi) is 4.65. The van der Waals surface area contributed by atoms with E-state index in [2.05, 4.69) is 20.8 Å². The number of benzene rings is 2. The smallest absolute Gasteiger partial charge is 0.240 e. The lowest BCUT2D eigenvalue weighted by Gasteiger charge is -2.19. The average Bonchev–Trinajstić information content (AvgIpc) is 2.56. The molecule has 0 aromatic heterocycles. The Morgan fingerprint density at radius 2 is 2.04 bits per heavy atom. The van der Waals surface area contributed by atoms with Gasteiger partial charge in [-0.05, 0) is 35.4 Å². The highest BCUT2D eigenvalue weighted by molar-refractivity contribution is 6.05. The summed E-state index contributed by atoms with van der Waals surface area (Å²) in [4.78, 5) is 11.3. The number of carbonyl (C=O) groups is 1. The number of azo groups is 1. The standard InChI is InChI=1S/C18H18N4O2/c1-12-9-17(24)21-22-18(12)14-5-7-15(8-6-14)20-19-11-13-3-2-4-16(23)10-13/h2-8,10,12,23H,9,11H2,1H3,(H,21,24). The molecular weight excluding hydrogens is 304 g/mol. The van der Waals surface area contributed by atoms with Crippen molar-refractivity contribution in [1.29, 1.82) is 0 Å². The zero-order valence-electron chi connectivity index (χ0n) is 13.3. The lowest BCUT2D eigenvalue weighted by Crippen LogP contribution is -2.31. The van der Waals surface area contributed by atoms with Gasteiger partial charge < -0.3 is 5.11 Å². The number of hydrogen-bond acceptors (Lipinski definition) is 5. The van der Waals surface area contributed by atoms with Crippen molar-refractivity contribution in [2.45, 2.75) is 19.9 Å². The van der Waals surface area contributed by atoms with Gasteiger partial charge in [0.05, 0.1) is 17.9 Å². The summed E-state index contributed by atoms with van der Waals surface area (Å²) in [7, 11) is 0. The van der Waals surface area contributed by atoms with Crippen molar-refractivity contribution in [2.75, 3.05) is 0 Å². The van der Waals surface area contributed by atoms with E-state index in [4.69, 9.17) is 0 Å². The number of hydrogen-bond donors (Lipinski definition) is 2. The summed E-state index contributed by atoms with van der Waals surface area (Å²) < 4.78 is 0. The fraction of sp³-hybridized carbons (Fsp3) is 0.222. The first kappa shape index (κ1) is 15.9. The molecule has 0 fully saturated rings. The van der Waals surface area contributed by atoms with E-state index >= 15 is 0 Å². The minimum Gasteiger partial charge on any atom is -0.508 e. The minimum atomic E-state index is -0.0522. The fourth-order valence-corrected chi connectivity index (χ4v) is 2.55. The Labute approximate surface area is 139 Å². The number of phenols is 1. The van der Waals surface area contributed by atoms with Crippen LogP contribution in [0.1, 0.15) is 24.5 Å². The van der Waals surface area contributed by atoms with Crippen LogP contribution in [0.3, 0.4) is 0 Å². The SMILES string of the molecule is CC1CC(=O)NN=C1c1ccc(N=NCc2cccc(O)c2)cc1. The number of carbonyl (C=O) groups excluding carboxylic acids is 1. The molecule has 2 aromatic rings. The van der Waals surface area contributed by atoms with Gasteiger partial charge in [-0.1, -0.05) is 31.2 Å². The molecule has 0 radical (unpaired) electrons. The van der Waals surface area contributed by atoms with Crippen LogP contribution in [0.25, 0.3) is 0 Å². The number of rotatable bonds is 4. The summed E-state index contributed by atoms with van der Waals surface area (Å²) in [5.41, 5.74) is 6.00. The second-order valence-corrected chi connectivity index (χ2v) is 5.75. The van der Waals surface area contributed by atoms with Crippen molar-refractivity contribution in [3.8, 4) is 5.75 Å². The lowest BCUT2D eigenvalue weighted by molar-refractivity contribution is -0.121. The second-order valence-electron chi connectivity index (χ2n) is 5.75. The van der Waals surface area contributed by atoms with Crippen LogP contribution in [0.5, 0.6) is 5.75 Å². The molecule has 0 saturated heterocycles. The van der Waals surface area contributed by atoms with E-state index in [0.29, 0.717) is 13.0 Å². The van der Waals surface area contributed by atoms with Gasteiger partial charge >= 0.3 is 0 Å². The largest absolute Gasteiger partial charge is 0.508 e. The highest BCUT2D eigenvalue weighted by Crippen LogP contribution is 2.20. The van der Waals surface area contributed by atoms with Gasteiger partial charge in [0.2, 0.25) is 5.91 Å². The molecule has 2 N–H and O–H groups in total. The van der Waals surface area contributed by atoms with Crippen LogP contribution in [0.15, 0.2) is 63.9 Å². The number of amides is 1. The average molecular weight is 322 g/mol. The van der Waals surface area contributed by atoms with Crippen molar-refractivity contribution < 1.29 is 9.90 Å². The fourth-order valence-electron chi connectivity index (χ4n) is 2.55. The van der Waals surface area contributed by atoms with Gasteiger partial charge in [-0.25, -0.2) is 5.43 Å². The summed E-state index contributed by atoms with van der Waals surface area (Å²) in [5.74, 6) is 0.266. The predicted octanol–water partition coefficient (Wildman–Crippen LogP) is 3.54. The molecule has 122 valence electrons. The van der Waals surface area contributed by atoms with Crippen molar-refractivity contribution >= 4 is 17.3 Å². The van der Waals surface area contributed by atoms with Gasteiger partial charge in [0.1, 0.15) is 5.75 Å². The van der Waals surface area contributed by atoms with Crippen molar-refractivity contribution in [3.63, 3.8) is 0 Å². The molecule has 1 aliphatic heterocycles. The number of phenolic OH excluding ortho intramolecular Hbond substituents is 1. The Morgan fingerprint density at radius 3 is 2.75 bits per heavy atom. The third-order valence-corrected chi connectivity index (χ3v) is 3.77. The first-order chi connectivity index (χ1) is 11.6. The Balaban J connectivity index is 1.66. The van der Waals surface area contributed by atoms with E-state index in [1.807, 2.05) is 37.3 Å². The minimum absolute atomic E-state index is 0.0522. The molecule has 3 rings (SSSR count). The lowest BCUT2D eigenvalue weighted by atomic mass is 9.94. The molecule has 1 unspecified atom stereocenters. The molecule has 1 aliphatic rings. The van der Waals surface area contributed by atoms with Gasteiger partial charge in [-0.3, -0.25) is 4.79 Å². The third kappa shape index (κ3) is 3.84. The molecule has 0 saturated carbocycles. The maximum absolute atomic E-state index is 11.3. The van der Waals surface area contributed by atoms with Crippen molar-refractivity contribution in [3.05, 3.63) is 59.7 Å². The molecule has 1 heterocycles. The van der Waals surface area contributed by atoms with Crippen LogP contribution < -0.4 is 5.43 Å². The highest BCUT2D eigenvalue weighted by atomic mass is 16.3. The third-order valence-electron chi connectivity index (χ3n) is 3.77. The van der Waals surface area contributed by atoms with E-state index in [0.717, 1.165) is 22.5 Å². The Morgan fingerprint density at radius 1 is 1.25 bits per heavy atom. The van der Waals surface area contributed by atoms with E-state index < -0.39 is 0 Å². The molecule has 0 spiro atoms. The highest BCUT2D eigenvalue weighted by Gasteiger charge is 2.21. The molecule has 0 bridgehead atoms. The topological polar surface area (TPSA) is 86.4 Å². The number of hydrazone groups is 1. The zero-order valence-corrected chi connectivity index (χ0v) is 13.3. The molecule has 1 atom stereocenters. The predicted molar refractivity (Wildman–Crippen MR) is 91.2 cm³/mol. The van der Waals surface area contributed by atoms with Crippen LogP contribution in [0.4, 0.5) is 5.69 Å². The molecule has 24 heavy (non-hydrogen) atoms. The summed E-state index contributed by atoms with van der Waals surface area (Å²) in [6.45, 7) is 2.40. The van der Waals surface area contributed by atoms with Gasteiger partial charge in [0.15, 0.2) is 0 Å². The first-order valence-electron chi connectivity index (χ1n) is 7.74. The van der Waals surface area contributed by atoms with Crippen LogP contribution in [-0.2, 0) is 11.3 Å². The van der Waals surface area contributed by atoms with Crippen LogP contribution in [-0.4, -0.2) is 16.7 Å². The van der Waals surface area contributed by atoms with Gasteiger partial charge in [-0.2, -0.15) is 15.3 Å². The van der Waals surface area contributed by atoms with Gasteiger partial charge in [0, 0.05) is 12.3 Å². The summed E-state index contributed by atoms with van der Waals surface area (Å²) in [6.07, 6.45) is 0.449. The molecule has 1 amide bonds. The van der Waals surface area contributed by atoms with Crippen molar-refractivity contribution in [1.82, 2.24) is 5.43 Å². The molecule has 6 heteroatoms. The summed E-state index contributed by atoms with van der Waals surface area (Å²) in [5, 5.41) is 21.9. The van der Waals surface area contributed by atoms with E-state index in [9.17, 15) is 9.90 Å². The number of aromatic hydroxyl groups is 1. The van der Waals surface area contributed by atoms with Crippen LogP contribution in [0, 0.1) is 5.92 Å².